The highest BCUT2D eigenvalue weighted by molar-refractivity contribution is 5.85. The third kappa shape index (κ3) is 6.92. The van der Waals surface area contributed by atoms with E-state index in [2.05, 4.69) is 27.1 Å². The number of hydrogen-bond acceptors (Lipinski definition) is 6. The summed E-state index contributed by atoms with van der Waals surface area (Å²) >= 11 is 0. The number of fused-ring (bicyclic) bond motifs is 1. The molecule has 7 rings (SSSR count). The summed E-state index contributed by atoms with van der Waals surface area (Å²) in [6.45, 7) is 6.61. The second-order valence-electron chi connectivity index (χ2n) is 14.1. The lowest BCUT2D eigenvalue weighted by Gasteiger charge is -2.40. The number of nitrogens with one attached hydrogen (secondary N) is 2. The number of nitrogens with zero attached hydrogens (tertiary/aromatic N) is 5. The summed E-state index contributed by atoms with van der Waals surface area (Å²) in [4.78, 5) is 49.6. The molecular formula is C37H47N7O4. The molecule has 3 fully saturated rings. The van der Waals surface area contributed by atoms with Crippen LogP contribution in [0.3, 0.4) is 0 Å². The number of aromatic amines is 2. The maximum atomic E-state index is 14.1. The summed E-state index contributed by atoms with van der Waals surface area (Å²) in [6.07, 6.45) is 8.28. The van der Waals surface area contributed by atoms with Gasteiger partial charge in [-0.25, -0.2) is 9.59 Å². The Morgan fingerprint density at radius 1 is 0.917 bits per heavy atom. The van der Waals surface area contributed by atoms with Crippen LogP contribution in [0.2, 0.25) is 0 Å². The Morgan fingerprint density at radius 3 is 2.29 bits per heavy atom. The predicted molar refractivity (Wildman–Crippen MR) is 185 cm³/mol. The molecule has 11 heteroatoms. The first-order valence-corrected chi connectivity index (χ1v) is 17.5. The molecule has 48 heavy (non-hydrogen) atoms. The summed E-state index contributed by atoms with van der Waals surface area (Å²) in [5.74, 6) is 1.26. The van der Waals surface area contributed by atoms with Crippen molar-refractivity contribution in [2.24, 2.45) is 11.8 Å². The molecule has 2 N–H and O–H groups in total. The van der Waals surface area contributed by atoms with Crippen molar-refractivity contribution in [3.05, 3.63) is 76.5 Å². The smallest absolute Gasteiger partial charge is 0.410 e. The topological polar surface area (TPSA) is 120 Å². The van der Waals surface area contributed by atoms with E-state index in [1.54, 1.807) is 15.7 Å². The van der Waals surface area contributed by atoms with Crippen LogP contribution in [0, 0.1) is 18.8 Å². The molecule has 11 nitrogen and oxygen atoms in total. The fourth-order valence-electron chi connectivity index (χ4n) is 8.09. The Kier molecular flexibility index (Phi) is 9.39. The largest absolute Gasteiger partial charge is 0.436 e. The SMILES string of the molecule is Cc1cc(CC(OC(=O)N2CCC(n3cc(-c4ccccc4)[nH]c3=O)CC2)C(=O)N2CCC(C3CCN(C)CC3)CC2)cc2cn[nH]c12. The molecule has 1 unspecified atom stereocenters. The Labute approximate surface area is 281 Å². The van der Waals surface area contributed by atoms with Gasteiger partial charge >= 0.3 is 11.8 Å². The van der Waals surface area contributed by atoms with Crippen molar-refractivity contribution < 1.29 is 14.3 Å². The molecule has 0 spiro atoms. The number of imidazole rings is 1. The Balaban J connectivity index is 1.01. The van der Waals surface area contributed by atoms with Gasteiger partial charge in [-0.15, -0.1) is 0 Å². The van der Waals surface area contributed by atoms with E-state index in [9.17, 15) is 14.4 Å². The average molecular weight is 654 g/mol. The molecule has 2 amide bonds. The van der Waals surface area contributed by atoms with Crippen molar-refractivity contribution in [3.8, 4) is 11.3 Å². The average Bonchev–Trinajstić information content (AvgIpc) is 3.76. The van der Waals surface area contributed by atoms with Crippen LogP contribution in [0.5, 0.6) is 0 Å². The van der Waals surface area contributed by atoms with E-state index in [1.807, 2.05) is 60.5 Å². The quantitative estimate of drug-likeness (QED) is 0.290. The summed E-state index contributed by atoms with van der Waals surface area (Å²) in [7, 11) is 2.19. The fraction of sp³-hybridized carbons (Fsp3) is 0.514. The molecular weight excluding hydrogens is 606 g/mol. The first-order chi connectivity index (χ1) is 23.3. The minimum absolute atomic E-state index is 0.0248. The lowest BCUT2D eigenvalue weighted by molar-refractivity contribution is -0.142. The zero-order chi connectivity index (χ0) is 33.2. The van der Waals surface area contributed by atoms with Crippen molar-refractivity contribution in [3.63, 3.8) is 0 Å². The normalized spacial score (nSPS) is 19.5. The fourth-order valence-corrected chi connectivity index (χ4v) is 8.09. The van der Waals surface area contributed by atoms with E-state index in [0.717, 1.165) is 65.1 Å². The highest BCUT2D eigenvalue weighted by Gasteiger charge is 2.36. The van der Waals surface area contributed by atoms with Crippen LogP contribution in [0.1, 0.15) is 55.7 Å². The van der Waals surface area contributed by atoms with Crippen LogP contribution in [0.25, 0.3) is 22.2 Å². The zero-order valence-electron chi connectivity index (χ0n) is 28.1. The molecule has 254 valence electrons. The number of likely N-dealkylation sites (tertiary alicyclic amines) is 3. The van der Waals surface area contributed by atoms with Crippen molar-refractivity contribution in [1.29, 1.82) is 0 Å². The van der Waals surface area contributed by atoms with Crippen LogP contribution >= 0.6 is 0 Å². The molecule has 3 aliphatic rings. The highest BCUT2D eigenvalue weighted by Crippen LogP contribution is 2.33. The number of carbonyl (C=O) groups excluding carboxylic acids is 2. The lowest BCUT2D eigenvalue weighted by atomic mass is 9.79. The van der Waals surface area contributed by atoms with Crippen LogP contribution in [0.15, 0.2) is 59.7 Å². The van der Waals surface area contributed by atoms with Gasteiger partial charge in [0, 0.05) is 50.2 Å². The molecule has 5 heterocycles. The Hall–Kier alpha value is -4.38. The van der Waals surface area contributed by atoms with Gasteiger partial charge in [0.05, 0.1) is 17.4 Å². The summed E-state index contributed by atoms with van der Waals surface area (Å²) in [5.41, 5.74) is 4.53. The summed E-state index contributed by atoms with van der Waals surface area (Å²) in [5, 5.41) is 8.19. The van der Waals surface area contributed by atoms with Crippen molar-refractivity contribution in [1.82, 2.24) is 34.4 Å². The molecule has 3 aliphatic heterocycles. The molecule has 3 saturated heterocycles. The van der Waals surface area contributed by atoms with Gasteiger partial charge in [0.2, 0.25) is 0 Å². The number of carbonyl (C=O) groups is 2. The molecule has 2 aromatic heterocycles. The van der Waals surface area contributed by atoms with Gasteiger partial charge in [-0.2, -0.15) is 5.10 Å². The standard InChI is InChI=1S/C37H47N7O4/c1-25-20-26(21-30-23-38-40-34(25)30)22-33(35(45)42-16-10-28(11-17-42)27-8-14-41(2)15-9-27)48-37(47)43-18-12-31(13-19-43)44-24-32(39-36(44)46)29-6-4-3-5-7-29/h3-7,20-21,23-24,27-28,31,33H,8-19,22H2,1-2H3,(H,38,40)(H,39,46). The van der Waals surface area contributed by atoms with Crippen LogP contribution in [-0.4, -0.2) is 98.9 Å². The first kappa shape index (κ1) is 32.2. The highest BCUT2D eigenvalue weighted by atomic mass is 16.6. The minimum atomic E-state index is -0.917. The number of amides is 2. The monoisotopic (exact) mass is 653 g/mol. The predicted octanol–water partition coefficient (Wildman–Crippen LogP) is 4.99. The second-order valence-corrected chi connectivity index (χ2v) is 14.1. The maximum absolute atomic E-state index is 14.1. The van der Waals surface area contributed by atoms with Gasteiger partial charge in [-0.05, 0) is 100 Å². The molecule has 1 atom stereocenters. The Morgan fingerprint density at radius 2 is 1.58 bits per heavy atom. The summed E-state index contributed by atoms with van der Waals surface area (Å²) in [6, 6.07) is 13.8. The van der Waals surface area contributed by atoms with Gasteiger partial charge in [-0.3, -0.25) is 14.5 Å². The molecule has 2 aromatic carbocycles. The maximum Gasteiger partial charge on any atom is 0.410 e. The van der Waals surface area contributed by atoms with Gasteiger partial charge < -0.3 is 24.4 Å². The summed E-state index contributed by atoms with van der Waals surface area (Å²) < 4.78 is 7.87. The lowest BCUT2D eigenvalue weighted by Crippen LogP contribution is -2.49. The Bertz CT molecular complexity index is 1770. The van der Waals surface area contributed by atoms with Crippen LogP contribution < -0.4 is 5.69 Å². The number of piperidine rings is 3. The minimum Gasteiger partial charge on any atom is -0.436 e. The van der Waals surface area contributed by atoms with Crippen LogP contribution in [-0.2, 0) is 16.0 Å². The van der Waals surface area contributed by atoms with Gasteiger partial charge in [0.1, 0.15) is 0 Å². The third-order valence-corrected chi connectivity index (χ3v) is 11.0. The van der Waals surface area contributed by atoms with Crippen molar-refractivity contribution >= 4 is 22.9 Å². The first-order valence-electron chi connectivity index (χ1n) is 17.5. The van der Waals surface area contributed by atoms with E-state index in [4.69, 9.17) is 4.74 Å². The van der Waals surface area contributed by atoms with Gasteiger partial charge in [0.25, 0.3) is 5.91 Å². The third-order valence-electron chi connectivity index (χ3n) is 11.0. The van der Waals surface area contributed by atoms with E-state index in [0.29, 0.717) is 51.4 Å². The number of benzene rings is 2. The van der Waals surface area contributed by atoms with Crippen molar-refractivity contribution in [2.45, 2.75) is 64.0 Å². The molecule has 0 aliphatic carbocycles. The second kappa shape index (κ2) is 14.0. The van der Waals surface area contributed by atoms with Gasteiger partial charge in [0.15, 0.2) is 6.10 Å². The van der Waals surface area contributed by atoms with Gasteiger partial charge in [-0.1, -0.05) is 36.4 Å². The molecule has 4 aromatic rings. The number of rotatable bonds is 7. The molecule has 0 radical (unpaired) electrons. The number of ether oxygens (including phenoxy) is 1. The molecule has 0 bridgehead atoms. The zero-order valence-corrected chi connectivity index (χ0v) is 28.1. The number of hydrogen-bond donors (Lipinski definition) is 2. The van der Waals surface area contributed by atoms with E-state index < -0.39 is 12.2 Å². The number of aromatic nitrogens is 4. The van der Waals surface area contributed by atoms with E-state index >= 15 is 0 Å². The van der Waals surface area contributed by atoms with Crippen LogP contribution in [0.4, 0.5) is 4.79 Å². The number of H-pyrrole nitrogens is 2. The van der Waals surface area contributed by atoms with Crippen molar-refractivity contribution in [2.75, 3.05) is 46.3 Å². The number of aryl methyl sites for hydroxylation is 1. The van der Waals surface area contributed by atoms with E-state index in [-0.39, 0.29) is 17.6 Å². The van der Waals surface area contributed by atoms with E-state index in [1.165, 1.54) is 12.8 Å². The molecule has 0 saturated carbocycles.